The lowest BCUT2D eigenvalue weighted by atomic mass is 10.1. The third kappa shape index (κ3) is 3.53. The molecule has 1 N–H and O–H groups in total. The molecule has 6 nitrogen and oxygen atoms in total. The van der Waals surface area contributed by atoms with Gasteiger partial charge in [0.15, 0.2) is 0 Å². The van der Waals surface area contributed by atoms with Gasteiger partial charge in [-0.3, -0.25) is 14.7 Å². The lowest BCUT2D eigenvalue weighted by molar-refractivity contribution is -0.130. The number of carbonyl (C=O) groups excluding carboxylic acids is 2. The van der Waals surface area contributed by atoms with E-state index in [4.69, 9.17) is 0 Å². The van der Waals surface area contributed by atoms with Gasteiger partial charge in [0.05, 0.1) is 17.7 Å². The van der Waals surface area contributed by atoms with Crippen molar-refractivity contribution < 1.29 is 9.59 Å². The maximum absolute atomic E-state index is 13.1. The molecule has 1 saturated carbocycles. The Morgan fingerprint density at radius 1 is 1.23 bits per heavy atom. The molecule has 0 bridgehead atoms. The van der Waals surface area contributed by atoms with E-state index in [0.29, 0.717) is 38.5 Å². The number of hydrogen-bond acceptors (Lipinski definition) is 4. The van der Waals surface area contributed by atoms with Crippen molar-refractivity contribution in [2.45, 2.75) is 38.5 Å². The van der Waals surface area contributed by atoms with Crippen LogP contribution in [0.4, 0.5) is 0 Å². The number of nitrogens with zero attached hydrogens (tertiary/aromatic N) is 3. The van der Waals surface area contributed by atoms with Crippen LogP contribution < -0.4 is 0 Å². The Balaban J connectivity index is 1.41. The predicted octanol–water partition coefficient (Wildman–Crippen LogP) is 2.57. The molecule has 0 aromatic carbocycles. The molecule has 2 aliphatic rings. The molecule has 0 atom stereocenters. The average Bonchev–Trinajstić information content (AvgIpc) is 3.30. The van der Waals surface area contributed by atoms with Gasteiger partial charge in [0.1, 0.15) is 0 Å². The van der Waals surface area contributed by atoms with Crippen molar-refractivity contribution >= 4 is 23.2 Å². The molecule has 2 amide bonds. The largest absolute Gasteiger partial charge is 0.341 e. The van der Waals surface area contributed by atoms with E-state index in [0.717, 1.165) is 41.8 Å². The van der Waals surface area contributed by atoms with Gasteiger partial charge < -0.3 is 9.80 Å². The number of hydrogen-bond donors (Lipinski definition) is 1. The minimum absolute atomic E-state index is 0.0604. The summed E-state index contributed by atoms with van der Waals surface area (Å²) in [5.74, 6) is 0.649. The summed E-state index contributed by atoms with van der Waals surface area (Å²) in [6, 6.07) is 2.00. The Labute approximate surface area is 157 Å². The van der Waals surface area contributed by atoms with Crippen LogP contribution in [0.25, 0.3) is 0 Å². The van der Waals surface area contributed by atoms with Crippen LogP contribution in [0.2, 0.25) is 0 Å². The van der Waals surface area contributed by atoms with E-state index in [2.05, 4.69) is 10.2 Å². The highest BCUT2D eigenvalue weighted by Crippen LogP contribution is 2.41. The monoisotopic (exact) mass is 372 g/mol. The summed E-state index contributed by atoms with van der Waals surface area (Å²) in [6.45, 7) is 4.51. The second-order valence-electron chi connectivity index (χ2n) is 7.22. The van der Waals surface area contributed by atoms with E-state index < -0.39 is 0 Å². The molecule has 3 heterocycles. The molecule has 4 rings (SSSR count). The van der Waals surface area contributed by atoms with E-state index >= 15 is 0 Å². The van der Waals surface area contributed by atoms with Crippen LogP contribution in [0.3, 0.4) is 0 Å². The maximum atomic E-state index is 13.1. The molecular formula is C19H24N4O2S. The number of aromatic nitrogens is 2. The summed E-state index contributed by atoms with van der Waals surface area (Å²) >= 11 is 1.61. The standard InChI is InChI=1S/C19H24N4O2S/c1-13-17(18(21-20-13)15-3-4-15)19(25)23-7-2-6-22(8-9-23)16(24)11-14-5-10-26-12-14/h5,10,12,15H,2-4,6-9,11H2,1H3,(H,20,21). The molecular weight excluding hydrogens is 348 g/mol. The van der Waals surface area contributed by atoms with E-state index in [-0.39, 0.29) is 11.8 Å². The van der Waals surface area contributed by atoms with Crippen molar-refractivity contribution in [3.8, 4) is 0 Å². The van der Waals surface area contributed by atoms with Crippen LogP contribution in [-0.2, 0) is 11.2 Å². The van der Waals surface area contributed by atoms with Crippen LogP contribution in [-0.4, -0.2) is 58.0 Å². The Morgan fingerprint density at radius 3 is 2.73 bits per heavy atom. The number of nitrogens with one attached hydrogen (secondary N) is 1. The van der Waals surface area contributed by atoms with Crippen LogP contribution in [0.1, 0.15) is 52.5 Å². The van der Waals surface area contributed by atoms with Crippen molar-refractivity contribution in [2.24, 2.45) is 0 Å². The summed E-state index contributed by atoms with van der Waals surface area (Å²) in [4.78, 5) is 29.4. The first-order valence-electron chi connectivity index (χ1n) is 9.26. The van der Waals surface area contributed by atoms with Gasteiger partial charge in [-0.25, -0.2) is 0 Å². The number of carbonyl (C=O) groups is 2. The molecule has 7 heteroatoms. The number of H-pyrrole nitrogens is 1. The van der Waals surface area contributed by atoms with Gasteiger partial charge in [0, 0.05) is 37.8 Å². The molecule has 2 aromatic heterocycles. The number of aryl methyl sites for hydroxylation is 1. The Bertz CT molecular complexity index is 795. The van der Waals surface area contributed by atoms with E-state index in [9.17, 15) is 9.59 Å². The Kier molecular flexibility index (Phi) is 4.80. The smallest absolute Gasteiger partial charge is 0.257 e. The van der Waals surface area contributed by atoms with Crippen molar-refractivity contribution in [1.82, 2.24) is 20.0 Å². The van der Waals surface area contributed by atoms with Crippen molar-refractivity contribution in [3.63, 3.8) is 0 Å². The molecule has 0 spiro atoms. The number of aromatic amines is 1. The zero-order chi connectivity index (χ0) is 18.1. The predicted molar refractivity (Wildman–Crippen MR) is 100 cm³/mol. The van der Waals surface area contributed by atoms with Crippen molar-refractivity contribution in [3.05, 3.63) is 39.3 Å². The lowest BCUT2D eigenvalue weighted by Gasteiger charge is -2.22. The Hall–Kier alpha value is -2.15. The molecule has 1 saturated heterocycles. The summed E-state index contributed by atoms with van der Waals surface area (Å²) in [7, 11) is 0. The zero-order valence-corrected chi connectivity index (χ0v) is 15.8. The molecule has 0 radical (unpaired) electrons. The van der Waals surface area contributed by atoms with Crippen molar-refractivity contribution in [1.29, 1.82) is 0 Å². The molecule has 26 heavy (non-hydrogen) atoms. The van der Waals surface area contributed by atoms with Gasteiger partial charge in [0.2, 0.25) is 5.91 Å². The molecule has 0 unspecified atom stereocenters. The van der Waals surface area contributed by atoms with Crippen LogP contribution in [0.5, 0.6) is 0 Å². The number of thiophene rings is 1. The molecule has 138 valence electrons. The van der Waals surface area contributed by atoms with Crippen LogP contribution in [0, 0.1) is 6.92 Å². The quantitative estimate of drug-likeness (QED) is 0.897. The first kappa shape index (κ1) is 17.3. The fraction of sp³-hybridized carbons (Fsp3) is 0.526. The van der Waals surface area contributed by atoms with E-state index in [1.807, 2.05) is 33.6 Å². The third-order valence-corrected chi connectivity index (χ3v) is 5.96. The van der Waals surface area contributed by atoms with Gasteiger partial charge in [-0.2, -0.15) is 16.4 Å². The van der Waals surface area contributed by atoms with Gasteiger partial charge in [-0.15, -0.1) is 0 Å². The highest BCUT2D eigenvalue weighted by Gasteiger charge is 2.34. The Morgan fingerprint density at radius 2 is 2.00 bits per heavy atom. The van der Waals surface area contributed by atoms with Gasteiger partial charge in [-0.1, -0.05) is 0 Å². The van der Waals surface area contributed by atoms with Crippen LogP contribution in [0.15, 0.2) is 16.8 Å². The first-order valence-corrected chi connectivity index (χ1v) is 10.2. The fourth-order valence-corrected chi connectivity index (χ4v) is 4.25. The highest BCUT2D eigenvalue weighted by atomic mass is 32.1. The minimum atomic E-state index is 0.0604. The molecule has 2 aromatic rings. The topological polar surface area (TPSA) is 69.3 Å². The number of rotatable bonds is 4. The van der Waals surface area contributed by atoms with E-state index in [1.54, 1.807) is 11.3 Å². The summed E-state index contributed by atoms with van der Waals surface area (Å²) in [6.07, 6.45) is 3.51. The number of amides is 2. The zero-order valence-electron chi connectivity index (χ0n) is 15.0. The molecule has 2 fully saturated rings. The van der Waals surface area contributed by atoms with Gasteiger partial charge in [-0.05, 0) is 48.6 Å². The van der Waals surface area contributed by atoms with Gasteiger partial charge >= 0.3 is 0 Å². The fourth-order valence-electron chi connectivity index (χ4n) is 3.58. The highest BCUT2D eigenvalue weighted by molar-refractivity contribution is 7.08. The maximum Gasteiger partial charge on any atom is 0.257 e. The normalized spacial score (nSPS) is 18.0. The second kappa shape index (κ2) is 7.23. The van der Waals surface area contributed by atoms with Crippen molar-refractivity contribution in [2.75, 3.05) is 26.2 Å². The summed E-state index contributed by atoms with van der Waals surface area (Å²) < 4.78 is 0. The second-order valence-corrected chi connectivity index (χ2v) is 8.00. The lowest BCUT2D eigenvalue weighted by Crippen LogP contribution is -2.38. The third-order valence-electron chi connectivity index (χ3n) is 5.22. The minimum Gasteiger partial charge on any atom is -0.341 e. The average molecular weight is 372 g/mol. The molecule has 1 aliphatic heterocycles. The summed E-state index contributed by atoms with van der Waals surface area (Å²) in [5, 5.41) is 11.4. The molecule has 1 aliphatic carbocycles. The van der Waals surface area contributed by atoms with Crippen LogP contribution >= 0.6 is 11.3 Å². The first-order chi connectivity index (χ1) is 12.6. The SMILES string of the molecule is Cc1[nH]nc(C2CC2)c1C(=O)N1CCCN(C(=O)Cc2ccsc2)CC1. The van der Waals surface area contributed by atoms with E-state index in [1.165, 1.54) is 0 Å². The van der Waals surface area contributed by atoms with Gasteiger partial charge in [0.25, 0.3) is 5.91 Å². The summed E-state index contributed by atoms with van der Waals surface area (Å²) in [5.41, 5.74) is 3.61.